The number of piperazine rings is 1. The highest BCUT2D eigenvalue weighted by Gasteiger charge is 2.27. The lowest BCUT2D eigenvalue weighted by molar-refractivity contribution is 0.0606. The molecule has 5 heteroatoms. The summed E-state index contributed by atoms with van der Waals surface area (Å²) in [6.07, 6.45) is 0. The molecule has 0 spiro atoms. The van der Waals surface area contributed by atoms with Crippen LogP contribution in [0.3, 0.4) is 0 Å². The number of halogens is 1. The Morgan fingerprint density at radius 3 is 2.40 bits per heavy atom. The van der Waals surface area contributed by atoms with Crippen LogP contribution < -0.4 is 0 Å². The van der Waals surface area contributed by atoms with Crippen LogP contribution in [0.4, 0.5) is 0 Å². The van der Waals surface area contributed by atoms with Gasteiger partial charge in [0.1, 0.15) is 6.04 Å². The maximum Gasteiger partial charge on any atom is 0.253 e. The normalized spacial score (nSPS) is 16.3. The van der Waals surface area contributed by atoms with E-state index in [1.165, 1.54) is 5.56 Å². The smallest absolute Gasteiger partial charge is 0.253 e. The molecule has 0 aliphatic carbocycles. The second-order valence-corrected chi connectivity index (χ2v) is 7.20. The minimum atomic E-state index is -0.260. The zero-order chi connectivity index (χ0) is 17.8. The summed E-state index contributed by atoms with van der Waals surface area (Å²) in [6, 6.07) is 17.7. The van der Waals surface area contributed by atoms with Crippen molar-refractivity contribution in [1.82, 2.24) is 9.80 Å². The summed E-state index contributed by atoms with van der Waals surface area (Å²) in [5, 5.41) is 9.61. The van der Waals surface area contributed by atoms with Gasteiger partial charge in [0, 0.05) is 36.2 Å². The van der Waals surface area contributed by atoms with E-state index in [9.17, 15) is 10.1 Å². The van der Waals surface area contributed by atoms with Gasteiger partial charge in [0.05, 0.1) is 6.07 Å². The summed E-state index contributed by atoms with van der Waals surface area (Å²) < 4.78 is 0.904. The van der Waals surface area contributed by atoms with E-state index in [-0.39, 0.29) is 11.9 Å². The molecule has 1 atom stereocenters. The van der Waals surface area contributed by atoms with Gasteiger partial charge in [-0.15, -0.1) is 0 Å². The molecule has 0 bridgehead atoms. The van der Waals surface area contributed by atoms with Gasteiger partial charge in [-0.05, 0) is 30.7 Å². The van der Waals surface area contributed by atoms with E-state index in [2.05, 4.69) is 26.9 Å². The molecule has 4 nitrogen and oxygen atoms in total. The van der Waals surface area contributed by atoms with Crippen molar-refractivity contribution in [3.8, 4) is 6.07 Å². The molecule has 0 saturated carbocycles. The largest absolute Gasteiger partial charge is 0.336 e. The number of aryl methyl sites for hydroxylation is 1. The van der Waals surface area contributed by atoms with E-state index in [4.69, 9.17) is 0 Å². The predicted octanol–water partition coefficient (Wildman–Crippen LogP) is 3.78. The van der Waals surface area contributed by atoms with Gasteiger partial charge in [0.25, 0.3) is 5.91 Å². The second-order valence-electron chi connectivity index (χ2n) is 6.28. The lowest BCUT2D eigenvalue weighted by Crippen LogP contribution is -2.49. The predicted molar refractivity (Wildman–Crippen MR) is 101 cm³/mol. The molecule has 0 aromatic heterocycles. The highest BCUT2D eigenvalue weighted by Crippen LogP contribution is 2.23. The summed E-state index contributed by atoms with van der Waals surface area (Å²) in [5.74, 6) is 0.0461. The number of nitriles is 1. The average molecular weight is 398 g/mol. The summed E-state index contributed by atoms with van der Waals surface area (Å²) in [7, 11) is 0. The topological polar surface area (TPSA) is 47.3 Å². The maximum atomic E-state index is 12.6. The van der Waals surface area contributed by atoms with Crippen molar-refractivity contribution in [3.63, 3.8) is 0 Å². The van der Waals surface area contributed by atoms with E-state index in [1.807, 2.05) is 60.4 Å². The van der Waals surface area contributed by atoms with Crippen LogP contribution in [0.1, 0.15) is 27.5 Å². The molecule has 128 valence electrons. The molecule has 1 fully saturated rings. The van der Waals surface area contributed by atoms with Gasteiger partial charge < -0.3 is 4.90 Å². The monoisotopic (exact) mass is 397 g/mol. The van der Waals surface area contributed by atoms with Crippen molar-refractivity contribution >= 4 is 21.8 Å². The molecule has 2 aromatic carbocycles. The van der Waals surface area contributed by atoms with Crippen molar-refractivity contribution in [2.24, 2.45) is 0 Å². The number of nitrogens with zero attached hydrogens (tertiary/aromatic N) is 3. The number of benzene rings is 2. The van der Waals surface area contributed by atoms with Crippen LogP contribution in [-0.4, -0.2) is 41.9 Å². The first-order valence-electron chi connectivity index (χ1n) is 8.33. The SMILES string of the molecule is Cc1ccc(C(C#N)N2CCN(C(=O)c3cccc(Br)c3)CC2)cc1. The van der Waals surface area contributed by atoms with Gasteiger partial charge in [-0.2, -0.15) is 5.26 Å². The number of amides is 1. The zero-order valence-corrected chi connectivity index (χ0v) is 15.7. The van der Waals surface area contributed by atoms with Gasteiger partial charge >= 0.3 is 0 Å². The van der Waals surface area contributed by atoms with Crippen molar-refractivity contribution in [3.05, 3.63) is 69.7 Å². The lowest BCUT2D eigenvalue weighted by Gasteiger charge is -2.37. The van der Waals surface area contributed by atoms with Crippen molar-refractivity contribution in [2.45, 2.75) is 13.0 Å². The average Bonchev–Trinajstić information content (AvgIpc) is 2.64. The highest BCUT2D eigenvalue weighted by atomic mass is 79.9. The Labute approximate surface area is 156 Å². The molecule has 0 N–H and O–H groups in total. The maximum absolute atomic E-state index is 12.6. The molecule has 1 aliphatic heterocycles. The number of carbonyl (C=O) groups is 1. The first-order chi connectivity index (χ1) is 12.1. The summed E-state index contributed by atoms with van der Waals surface area (Å²) in [4.78, 5) is 16.6. The van der Waals surface area contributed by atoms with Crippen LogP contribution in [0.15, 0.2) is 53.0 Å². The molecule has 1 saturated heterocycles. The first kappa shape index (κ1) is 17.7. The van der Waals surface area contributed by atoms with Gasteiger partial charge in [0.15, 0.2) is 0 Å². The number of hydrogen-bond donors (Lipinski definition) is 0. The Morgan fingerprint density at radius 1 is 1.12 bits per heavy atom. The Kier molecular flexibility index (Phi) is 5.52. The van der Waals surface area contributed by atoms with Crippen molar-refractivity contribution in [1.29, 1.82) is 5.26 Å². The molecule has 3 rings (SSSR count). The standard InChI is InChI=1S/C20H20BrN3O/c1-15-5-7-16(8-6-15)19(14-22)23-9-11-24(12-10-23)20(25)17-3-2-4-18(21)13-17/h2-8,13,19H,9-12H2,1H3. The second kappa shape index (κ2) is 7.81. The fourth-order valence-corrected chi connectivity index (χ4v) is 3.50. The molecular weight excluding hydrogens is 378 g/mol. The molecule has 1 aliphatic rings. The quantitative estimate of drug-likeness (QED) is 0.791. The molecule has 2 aromatic rings. The van der Waals surface area contributed by atoms with Gasteiger partial charge in [-0.1, -0.05) is 51.8 Å². The third-order valence-corrected chi connectivity index (χ3v) is 5.05. The minimum absolute atomic E-state index is 0.0461. The number of hydrogen-bond acceptors (Lipinski definition) is 3. The van der Waals surface area contributed by atoms with Crippen LogP contribution in [0, 0.1) is 18.3 Å². The first-order valence-corrected chi connectivity index (χ1v) is 9.13. The third-order valence-electron chi connectivity index (χ3n) is 4.55. The molecule has 1 unspecified atom stereocenters. The molecule has 1 amide bonds. The Morgan fingerprint density at radius 2 is 1.80 bits per heavy atom. The minimum Gasteiger partial charge on any atom is -0.336 e. The lowest BCUT2D eigenvalue weighted by atomic mass is 10.0. The summed E-state index contributed by atoms with van der Waals surface area (Å²) >= 11 is 3.41. The van der Waals surface area contributed by atoms with E-state index in [0.717, 1.165) is 10.0 Å². The van der Waals surface area contributed by atoms with E-state index < -0.39 is 0 Å². The van der Waals surface area contributed by atoms with Gasteiger partial charge in [0.2, 0.25) is 0 Å². The Balaban J connectivity index is 1.65. The van der Waals surface area contributed by atoms with Crippen LogP contribution in [-0.2, 0) is 0 Å². The summed E-state index contributed by atoms with van der Waals surface area (Å²) in [6.45, 7) is 4.71. The van der Waals surface area contributed by atoms with Crippen LogP contribution in [0.2, 0.25) is 0 Å². The van der Waals surface area contributed by atoms with Gasteiger partial charge in [-0.25, -0.2) is 0 Å². The molecule has 0 radical (unpaired) electrons. The molecular formula is C20H20BrN3O. The number of rotatable bonds is 3. The van der Waals surface area contributed by atoms with Gasteiger partial charge in [-0.3, -0.25) is 9.69 Å². The Hall–Kier alpha value is -2.16. The van der Waals surface area contributed by atoms with E-state index in [1.54, 1.807) is 0 Å². The molecule has 25 heavy (non-hydrogen) atoms. The zero-order valence-electron chi connectivity index (χ0n) is 14.2. The summed E-state index contributed by atoms with van der Waals surface area (Å²) in [5.41, 5.74) is 2.89. The van der Waals surface area contributed by atoms with Crippen LogP contribution >= 0.6 is 15.9 Å². The van der Waals surface area contributed by atoms with Crippen LogP contribution in [0.5, 0.6) is 0 Å². The van der Waals surface area contributed by atoms with E-state index in [0.29, 0.717) is 31.7 Å². The molecule has 1 heterocycles. The van der Waals surface area contributed by atoms with Crippen molar-refractivity contribution in [2.75, 3.05) is 26.2 Å². The van der Waals surface area contributed by atoms with Crippen molar-refractivity contribution < 1.29 is 4.79 Å². The Bertz CT molecular complexity index is 789. The number of carbonyl (C=O) groups excluding carboxylic acids is 1. The fourth-order valence-electron chi connectivity index (χ4n) is 3.10. The van der Waals surface area contributed by atoms with E-state index >= 15 is 0 Å². The van der Waals surface area contributed by atoms with Crippen LogP contribution in [0.25, 0.3) is 0 Å². The fraction of sp³-hybridized carbons (Fsp3) is 0.300. The highest BCUT2D eigenvalue weighted by molar-refractivity contribution is 9.10. The third kappa shape index (κ3) is 4.09.